The van der Waals surface area contributed by atoms with E-state index in [9.17, 15) is 4.91 Å². The molecular weight excluding hydrogens is 186 g/mol. The number of aliphatic hydroxyl groups excluding tert-OH is 1. The third-order valence-electron chi connectivity index (χ3n) is 1.86. The van der Waals surface area contributed by atoms with Gasteiger partial charge < -0.3 is 14.9 Å². The van der Waals surface area contributed by atoms with Gasteiger partial charge in [0.1, 0.15) is 0 Å². The van der Waals surface area contributed by atoms with Crippen molar-refractivity contribution in [3.63, 3.8) is 0 Å². The Labute approximate surface area is 84.1 Å². The van der Waals surface area contributed by atoms with E-state index in [0.717, 1.165) is 19.4 Å². The molecule has 1 aliphatic rings. The average molecular weight is 205 g/mol. The highest BCUT2D eigenvalue weighted by Gasteiger charge is 2.28. The molecule has 1 atom stereocenters. The van der Waals surface area contributed by atoms with Crippen LogP contribution in [0.3, 0.4) is 0 Å². The Morgan fingerprint density at radius 3 is 2.21 bits per heavy atom. The van der Waals surface area contributed by atoms with Gasteiger partial charge in [-0.05, 0) is 38.8 Å². The van der Waals surface area contributed by atoms with E-state index < -0.39 is 5.72 Å². The van der Waals surface area contributed by atoms with E-state index in [4.69, 9.17) is 14.9 Å². The Balaban J connectivity index is 0.000000255. The maximum atomic E-state index is 9.33. The number of nitrogens with zero attached hydrogens (tertiary/aromatic N) is 1. The topological polar surface area (TPSA) is 79.1 Å². The second kappa shape index (κ2) is 5.38. The molecule has 0 amide bonds. The smallest absolute Gasteiger partial charge is 0.191 e. The molecule has 0 aromatic rings. The quantitative estimate of drug-likeness (QED) is 0.660. The summed E-state index contributed by atoms with van der Waals surface area (Å²) in [6.45, 7) is 5.56. The molecule has 0 bridgehead atoms. The molecule has 0 spiro atoms. The summed E-state index contributed by atoms with van der Waals surface area (Å²) in [5, 5.41) is 19.4. The lowest BCUT2D eigenvalue weighted by Gasteiger charge is -2.18. The van der Waals surface area contributed by atoms with Gasteiger partial charge in [0.05, 0.1) is 12.2 Å². The van der Waals surface area contributed by atoms with Crippen molar-refractivity contribution in [2.45, 2.75) is 44.9 Å². The van der Waals surface area contributed by atoms with E-state index in [-0.39, 0.29) is 12.2 Å². The van der Waals surface area contributed by atoms with Crippen LogP contribution in [0.5, 0.6) is 0 Å². The molecule has 0 aromatic heterocycles. The van der Waals surface area contributed by atoms with Crippen molar-refractivity contribution >= 4 is 0 Å². The van der Waals surface area contributed by atoms with Crippen LogP contribution in [0.1, 0.15) is 33.6 Å². The van der Waals surface area contributed by atoms with E-state index in [1.54, 1.807) is 0 Å². The van der Waals surface area contributed by atoms with Crippen molar-refractivity contribution in [3.8, 4) is 0 Å². The number of nitroso groups, excluding NO2 is 1. The summed E-state index contributed by atoms with van der Waals surface area (Å²) in [6.07, 6.45) is 2.10. The lowest BCUT2D eigenvalue weighted by Crippen LogP contribution is -2.27. The van der Waals surface area contributed by atoms with Gasteiger partial charge in [-0.25, -0.2) is 0 Å². The van der Waals surface area contributed by atoms with Gasteiger partial charge in [0.2, 0.25) is 0 Å². The fraction of sp³-hybridized carbons (Fsp3) is 1.00. The molecule has 84 valence electrons. The van der Waals surface area contributed by atoms with E-state index >= 15 is 0 Å². The van der Waals surface area contributed by atoms with Crippen LogP contribution in [0.2, 0.25) is 0 Å². The van der Waals surface area contributed by atoms with Gasteiger partial charge in [-0.15, -0.1) is 4.91 Å². The molecular formula is C9H19NO4. The van der Waals surface area contributed by atoms with Crippen LogP contribution in [0, 0.1) is 4.91 Å². The van der Waals surface area contributed by atoms with Gasteiger partial charge in [0, 0.05) is 6.61 Å². The summed E-state index contributed by atoms with van der Waals surface area (Å²) in [7, 11) is 0. The maximum Gasteiger partial charge on any atom is 0.191 e. The first-order valence-electron chi connectivity index (χ1n) is 4.65. The van der Waals surface area contributed by atoms with Crippen LogP contribution in [-0.2, 0) is 4.74 Å². The molecule has 1 fully saturated rings. The summed E-state index contributed by atoms with van der Waals surface area (Å²) < 4.78 is 5.24. The summed E-state index contributed by atoms with van der Waals surface area (Å²) in [5.74, 6) is 0. The molecule has 1 heterocycles. The Bertz CT molecular complexity index is 170. The van der Waals surface area contributed by atoms with E-state index in [2.05, 4.69) is 5.18 Å². The fourth-order valence-corrected chi connectivity index (χ4v) is 0.962. The molecule has 5 heteroatoms. The monoisotopic (exact) mass is 205 g/mol. The Kier molecular flexibility index (Phi) is 5.18. The van der Waals surface area contributed by atoms with Crippen LogP contribution in [-0.4, -0.2) is 34.8 Å². The summed E-state index contributed by atoms with van der Waals surface area (Å²) in [4.78, 5) is 9.33. The first-order chi connectivity index (χ1) is 6.33. The highest BCUT2D eigenvalue weighted by atomic mass is 16.5. The highest BCUT2D eigenvalue weighted by Crippen LogP contribution is 2.23. The third-order valence-corrected chi connectivity index (χ3v) is 1.86. The Hall–Kier alpha value is -0.520. The molecule has 0 radical (unpaired) electrons. The third kappa shape index (κ3) is 6.01. The SMILES string of the molecule is CC(C)(O)N=O.CC1(CO)CCCO1. The van der Waals surface area contributed by atoms with E-state index in [1.807, 2.05) is 6.92 Å². The molecule has 1 aliphatic heterocycles. The first kappa shape index (κ1) is 13.5. The van der Waals surface area contributed by atoms with Crippen LogP contribution >= 0.6 is 0 Å². The molecule has 0 aromatic carbocycles. The van der Waals surface area contributed by atoms with Gasteiger partial charge in [-0.3, -0.25) is 0 Å². The van der Waals surface area contributed by atoms with Crippen molar-refractivity contribution in [2.75, 3.05) is 13.2 Å². The molecule has 5 nitrogen and oxygen atoms in total. The van der Waals surface area contributed by atoms with Crippen LogP contribution < -0.4 is 0 Å². The summed E-state index contributed by atoms with van der Waals surface area (Å²) in [5.41, 5.74) is -1.60. The molecule has 1 unspecified atom stereocenters. The zero-order chi connectivity index (χ0) is 11.2. The average Bonchev–Trinajstić information content (AvgIpc) is 2.53. The minimum atomic E-state index is -1.39. The zero-order valence-electron chi connectivity index (χ0n) is 8.99. The minimum Gasteiger partial charge on any atom is -0.393 e. The van der Waals surface area contributed by atoms with Crippen LogP contribution in [0.4, 0.5) is 0 Å². The molecule has 0 saturated carbocycles. The molecule has 2 N–H and O–H groups in total. The summed E-state index contributed by atoms with van der Waals surface area (Å²) >= 11 is 0. The fourth-order valence-electron chi connectivity index (χ4n) is 0.962. The van der Waals surface area contributed by atoms with E-state index in [0.29, 0.717) is 0 Å². The lowest BCUT2D eigenvalue weighted by atomic mass is 10.1. The predicted molar refractivity (Wildman–Crippen MR) is 52.8 cm³/mol. The summed E-state index contributed by atoms with van der Waals surface area (Å²) in [6, 6.07) is 0. The molecule has 14 heavy (non-hydrogen) atoms. The highest BCUT2D eigenvalue weighted by molar-refractivity contribution is 4.78. The van der Waals surface area contributed by atoms with Crippen molar-refractivity contribution in [3.05, 3.63) is 4.91 Å². The number of hydrogen-bond donors (Lipinski definition) is 2. The molecule has 0 aliphatic carbocycles. The normalized spacial score (nSPS) is 26.6. The number of ether oxygens (including phenoxy) is 1. The predicted octanol–water partition coefficient (Wildman–Crippen LogP) is 1.03. The van der Waals surface area contributed by atoms with Crippen LogP contribution in [0.15, 0.2) is 5.18 Å². The van der Waals surface area contributed by atoms with Crippen LogP contribution in [0.25, 0.3) is 0 Å². The number of hydrogen-bond acceptors (Lipinski definition) is 5. The zero-order valence-corrected chi connectivity index (χ0v) is 8.99. The second-order valence-corrected chi connectivity index (χ2v) is 4.15. The Morgan fingerprint density at radius 2 is 2.07 bits per heavy atom. The first-order valence-corrected chi connectivity index (χ1v) is 4.65. The van der Waals surface area contributed by atoms with Crippen molar-refractivity contribution < 1.29 is 14.9 Å². The Morgan fingerprint density at radius 1 is 1.57 bits per heavy atom. The number of rotatable bonds is 2. The van der Waals surface area contributed by atoms with Crippen molar-refractivity contribution in [2.24, 2.45) is 5.18 Å². The largest absolute Gasteiger partial charge is 0.393 e. The van der Waals surface area contributed by atoms with Gasteiger partial charge in [0.15, 0.2) is 5.72 Å². The van der Waals surface area contributed by atoms with Crippen molar-refractivity contribution in [1.29, 1.82) is 0 Å². The second-order valence-electron chi connectivity index (χ2n) is 4.15. The van der Waals surface area contributed by atoms with Gasteiger partial charge in [-0.1, -0.05) is 0 Å². The standard InChI is InChI=1S/C6H12O2.C3H7NO2/c1-6(5-7)3-2-4-8-6;1-3(2,5)4-6/h7H,2-5H2,1H3;5H,1-2H3. The van der Waals surface area contributed by atoms with Crippen molar-refractivity contribution in [1.82, 2.24) is 0 Å². The minimum absolute atomic E-state index is 0.160. The van der Waals surface area contributed by atoms with Gasteiger partial charge in [-0.2, -0.15) is 0 Å². The van der Waals surface area contributed by atoms with Gasteiger partial charge >= 0.3 is 0 Å². The molecule has 1 saturated heterocycles. The molecule has 1 rings (SSSR count). The van der Waals surface area contributed by atoms with Gasteiger partial charge in [0.25, 0.3) is 0 Å². The number of aliphatic hydroxyl groups is 2. The van der Waals surface area contributed by atoms with E-state index in [1.165, 1.54) is 13.8 Å². The lowest BCUT2D eigenvalue weighted by molar-refractivity contribution is -0.0236. The maximum absolute atomic E-state index is 9.33.